The van der Waals surface area contributed by atoms with Gasteiger partial charge >= 0.3 is 0 Å². The first kappa shape index (κ1) is 6.56. The highest BCUT2D eigenvalue weighted by Gasteiger charge is 1.70. The molecule has 0 saturated heterocycles. The van der Waals surface area contributed by atoms with Crippen LogP contribution in [0.2, 0.25) is 0 Å². The van der Waals surface area contributed by atoms with E-state index in [1.54, 1.807) is 21.2 Å². The smallest absolute Gasteiger partial charge is 0.0297 e. The van der Waals surface area contributed by atoms with Gasteiger partial charge in [0.1, 0.15) is 0 Å². The first-order valence-corrected chi connectivity index (χ1v) is 6.99. The summed E-state index contributed by atoms with van der Waals surface area (Å²) in [6, 6.07) is 0. The van der Waals surface area contributed by atoms with Gasteiger partial charge in [-0.3, -0.25) is 0 Å². The molecule has 0 radical (unpaired) electrons. The van der Waals surface area contributed by atoms with Gasteiger partial charge in [0.05, 0.1) is 0 Å². The van der Waals surface area contributed by atoms with Crippen molar-refractivity contribution in [2.24, 2.45) is 0 Å². The molecule has 5 heavy (non-hydrogen) atoms. The Hall–Kier alpha value is 1.56. The van der Waals surface area contributed by atoms with Crippen LogP contribution in [0.25, 0.3) is 0 Å². The van der Waals surface area contributed by atoms with E-state index in [0.29, 0.717) is 0 Å². The minimum absolute atomic E-state index is 1.74. The van der Waals surface area contributed by atoms with Crippen LogP contribution in [0.3, 0.4) is 0 Å². The van der Waals surface area contributed by atoms with Crippen LogP contribution in [0.4, 0.5) is 0 Å². The molecule has 1 atom stereocenters. The van der Waals surface area contributed by atoms with Crippen molar-refractivity contribution in [3.63, 3.8) is 0 Å². The second-order valence-electron chi connectivity index (χ2n) is 0.458. The van der Waals surface area contributed by atoms with Crippen molar-refractivity contribution in [2.45, 2.75) is 0 Å². The Morgan fingerprint density at radius 3 is 2.00 bits per heavy atom. The SMILES string of the molecule is OS(=P)(=S)I. The third kappa shape index (κ3) is 29.0. The van der Waals surface area contributed by atoms with Crippen LogP contribution in [0, 0.1) is 0 Å². The molecule has 5 heteroatoms. The summed E-state index contributed by atoms with van der Waals surface area (Å²) in [7, 11) is 2.86. The maximum Gasteiger partial charge on any atom is 0.0297 e. The molecular weight excluding hydrogens is 238 g/mol. The van der Waals surface area contributed by atoms with Gasteiger partial charge in [0.15, 0.2) is 0 Å². The average molecular weight is 240 g/mol. The standard InChI is InChI=1S/H2IOPS2/c1-5(2,3)4/h3H,(H,2,4). The predicted molar refractivity (Wildman–Crippen MR) is 39.7 cm³/mol. The molecular formula is H2IOPS2. The summed E-state index contributed by atoms with van der Waals surface area (Å²) in [6.45, 7) is 0. The molecule has 1 nitrogen and oxygen atoms in total. The second kappa shape index (κ2) is 2.02. The van der Waals surface area contributed by atoms with Crippen molar-refractivity contribution >= 4 is 45.6 Å². The molecule has 0 saturated carbocycles. The van der Waals surface area contributed by atoms with Gasteiger partial charge in [-0.15, -0.1) is 0 Å². The molecule has 0 aliphatic carbocycles. The summed E-state index contributed by atoms with van der Waals surface area (Å²) in [5.74, 6) is 0. The predicted octanol–water partition coefficient (Wildman–Crippen LogP) is 1.48. The van der Waals surface area contributed by atoms with E-state index in [9.17, 15) is 0 Å². The Bertz CT molecular complexity index is 92.8. The van der Waals surface area contributed by atoms with E-state index in [4.69, 9.17) is 4.55 Å². The van der Waals surface area contributed by atoms with E-state index in [1.807, 2.05) is 0 Å². The molecule has 0 aromatic carbocycles. The molecule has 0 aliphatic heterocycles. The molecule has 0 aromatic heterocycles. The number of halogens is 1. The van der Waals surface area contributed by atoms with Gasteiger partial charge in [-0.25, -0.2) is 0 Å². The van der Waals surface area contributed by atoms with E-state index in [0.717, 1.165) is 0 Å². The van der Waals surface area contributed by atoms with Crippen LogP contribution in [-0.4, -0.2) is 4.55 Å². The van der Waals surface area contributed by atoms with Gasteiger partial charge in [-0.05, 0) is 19.2 Å². The zero-order valence-corrected chi connectivity index (χ0v) is 6.93. The van der Waals surface area contributed by atoms with Crippen molar-refractivity contribution < 1.29 is 4.55 Å². The van der Waals surface area contributed by atoms with E-state index >= 15 is 0 Å². The Kier molecular flexibility index (Phi) is 2.65. The maximum absolute atomic E-state index is 8.32. The molecule has 0 aromatic rings. The molecule has 0 aliphatic rings. The van der Waals surface area contributed by atoms with E-state index < -0.39 is 5.22 Å². The molecule has 0 amide bonds. The van der Waals surface area contributed by atoms with Crippen LogP contribution in [0.15, 0.2) is 0 Å². The molecule has 0 spiro atoms. The van der Waals surface area contributed by atoms with E-state index in [-0.39, 0.29) is 0 Å². The normalized spacial score (nSPS) is 21.2. The zero-order valence-electron chi connectivity index (χ0n) is 2.14. The second-order valence-corrected chi connectivity index (χ2v) is 13.6. The van der Waals surface area contributed by atoms with E-state index in [2.05, 4.69) is 19.2 Å². The van der Waals surface area contributed by atoms with Gasteiger partial charge < -0.3 is 4.55 Å². The lowest BCUT2D eigenvalue weighted by Crippen LogP contribution is -1.64. The molecule has 0 rings (SSSR count). The highest BCUT2D eigenvalue weighted by Crippen LogP contribution is 2.01. The summed E-state index contributed by atoms with van der Waals surface area (Å²) < 4.78 is 8.32. The molecule has 0 bridgehead atoms. The third-order valence-electron chi connectivity index (χ3n) is 0. The molecule has 32 valence electrons. The van der Waals surface area contributed by atoms with Crippen molar-refractivity contribution in [2.75, 3.05) is 0 Å². The van der Waals surface area contributed by atoms with Gasteiger partial charge in [-0.1, -0.05) is 0 Å². The summed E-state index contributed by atoms with van der Waals surface area (Å²) in [5.41, 5.74) is 0. The summed E-state index contributed by atoms with van der Waals surface area (Å²) in [6.07, 6.45) is 0. The molecule has 0 heterocycles. The average Bonchev–Trinajstić information content (AvgIpc) is 0.722. The van der Waals surface area contributed by atoms with Crippen LogP contribution in [0.5, 0.6) is 0 Å². The number of rotatable bonds is 0. The van der Waals surface area contributed by atoms with Crippen LogP contribution in [0.1, 0.15) is 0 Å². The lowest BCUT2D eigenvalue weighted by atomic mass is 15.9. The largest absolute Gasteiger partial charge is 0.323 e. The van der Waals surface area contributed by atoms with Crippen molar-refractivity contribution in [1.29, 1.82) is 0 Å². The summed E-state index contributed by atoms with van der Waals surface area (Å²) in [5, 5.41) is -1.81. The van der Waals surface area contributed by atoms with Gasteiger partial charge in [0, 0.05) is 26.4 Å². The first-order chi connectivity index (χ1) is 2.00. The van der Waals surface area contributed by atoms with E-state index in [1.165, 1.54) is 0 Å². The first-order valence-electron chi connectivity index (χ1n) is 0.708. The van der Waals surface area contributed by atoms with Crippen molar-refractivity contribution in [3.05, 3.63) is 0 Å². The third-order valence-corrected chi connectivity index (χ3v) is 0. The number of hydrogen-bond acceptors (Lipinski definition) is 1. The number of hydrogen-bond donors (Lipinski definition) is 1. The van der Waals surface area contributed by atoms with Crippen molar-refractivity contribution in [1.82, 2.24) is 0 Å². The highest BCUT2D eigenvalue weighted by atomic mass is 127. The Morgan fingerprint density at radius 2 is 2.00 bits per heavy atom. The Morgan fingerprint density at radius 1 is 2.00 bits per heavy atom. The molecule has 1 unspecified atom stereocenters. The van der Waals surface area contributed by atoms with Gasteiger partial charge in [0.25, 0.3) is 0 Å². The quantitative estimate of drug-likeness (QED) is 0.393. The van der Waals surface area contributed by atoms with Gasteiger partial charge in [0.2, 0.25) is 0 Å². The fourth-order valence-corrected chi connectivity index (χ4v) is 0. The fraction of sp³-hybridized carbons (Fsp3) is 0. The maximum atomic E-state index is 8.32. The zero-order chi connectivity index (χ0) is 4.50. The topological polar surface area (TPSA) is 20.2 Å². The van der Waals surface area contributed by atoms with Crippen LogP contribution in [-0.2, 0) is 16.4 Å². The lowest BCUT2D eigenvalue weighted by Gasteiger charge is -1.78. The lowest BCUT2D eigenvalue weighted by molar-refractivity contribution is 0.669. The Balaban J connectivity index is 4.06. The highest BCUT2D eigenvalue weighted by molar-refractivity contribution is 14.2. The van der Waals surface area contributed by atoms with Crippen molar-refractivity contribution in [3.8, 4) is 0 Å². The minimum atomic E-state index is -1.81. The summed E-state index contributed by atoms with van der Waals surface area (Å²) in [4.78, 5) is 0. The fourth-order valence-electron chi connectivity index (χ4n) is 0. The molecule has 0 fully saturated rings. The van der Waals surface area contributed by atoms with Gasteiger partial charge in [-0.2, -0.15) is 0 Å². The Labute approximate surface area is 50.0 Å². The minimum Gasteiger partial charge on any atom is -0.323 e. The van der Waals surface area contributed by atoms with Crippen LogP contribution >= 0.6 is 29.2 Å². The van der Waals surface area contributed by atoms with Crippen LogP contribution < -0.4 is 0 Å². The monoisotopic (exact) mass is 240 g/mol. The summed E-state index contributed by atoms with van der Waals surface area (Å²) >= 11 is 6.11. The molecule has 1 N–H and O–H groups in total.